The number of aromatic nitrogens is 3. The molecule has 3 aliphatic rings. The summed E-state index contributed by atoms with van der Waals surface area (Å²) in [5, 5.41) is 10.8. The Morgan fingerprint density at radius 3 is 2.56 bits per heavy atom. The minimum absolute atomic E-state index is 0.0200. The van der Waals surface area contributed by atoms with Gasteiger partial charge in [0.05, 0.1) is 16.8 Å². The van der Waals surface area contributed by atoms with Crippen LogP contribution >= 0.6 is 0 Å². The number of anilines is 1. The molecule has 4 heterocycles. The minimum atomic E-state index is -0.276. The standard InChI is InChI=1S/C27H31N7O2/c1-29-24(35)20-14-18(16-30-23(20)28)21-15-22-26(11-13-34(22)32-21)10-12-33(17-26)25(36)31-27(8-5-9-27)19-6-3-2-4-7-19/h2-4,6-7,14-16H,5,8-13,17H2,1H3,(H2,28,30)(H,29,35)(H,31,36)/t26-/m1/s1. The number of benzene rings is 1. The van der Waals surface area contributed by atoms with Crippen LogP contribution in [0, 0.1) is 0 Å². The quantitative estimate of drug-likeness (QED) is 0.525. The van der Waals surface area contributed by atoms with Crippen LogP contribution in [0.15, 0.2) is 48.7 Å². The summed E-state index contributed by atoms with van der Waals surface area (Å²) in [5.41, 5.74) is 9.75. The molecular weight excluding hydrogens is 454 g/mol. The Kier molecular flexibility index (Phi) is 5.24. The first-order valence-electron chi connectivity index (χ1n) is 12.6. The molecule has 3 aromatic rings. The molecule has 0 bridgehead atoms. The zero-order valence-corrected chi connectivity index (χ0v) is 20.5. The lowest BCUT2D eigenvalue weighted by atomic mass is 9.72. The summed E-state index contributed by atoms with van der Waals surface area (Å²) in [4.78, 5) is 31.8. The topological polar surface area (TPSA) is 118 Å². The summed E-state index contributed by atoms with van der Waals surface area (Å²) < 4.78 is 2.05. The number of urea groups is 1. The fourth-order valence-corrected chi connectivity index (χ4v) is 6.05. The maximum atomic E-state index is 13.4. The molecule has 9 heteroatoms. The normalized spacial score (nSPS) is 21.8. The lowest BCUT2D eigenvalue weighted by Crippen LogP contribution is -2.54. The number of nitrogens with zero attached hydrogens (tertiary/aromatic N) is 4. The Bertz CT molecular complexity index is 1330. The van der Waals surface area contributed by atoms with Crippen molar-refractivity contribution >= 4 is 17.8 Å². The number of nitrogens with one attached hydrogen (secondary N) is 2. The van der Waals surface area contributed by atoms with Crippen LogP contribution in [0.25, 0.3) is 11.3 Å². The van der Waals surface area contributed by atoms with Crippen LogP contribution in [0.2, 0.25) is 0 Å². The number of hydrogen-bond acceptors (Lipinski definition) is 5. The van der Waals surface area contributed by atoms with Crippen molar-refractivity contribution in [3.05, 3.63) is 65.5 Å². The molecule has 0 radical (unpaired) electrons. The number of aryl methyl sites for hydroxylation is 1. The molecule has 6 rings (SSSR count). The zero-order valence-electron chi connectivity index (χ0n) is 20.5. The molecule has 0 unspecified atom stereocenters. The fraction of sp³-hybridized carbons (Fsp3) is 0.407. The summed E-state index contributed by atoms with van der Waals surface area (Å²) in [6, 6.07) is 14.2. The lowest BCUT2D eigenvalue weighted by Gasteiger charge is -2.44. The van der Waals surface area contributed by atoms with Gasteiger partial charge in [0.25, 0.3) is 5.91 Å². The molecule has 2 aliphatic heterocycles. The molecule has 9 nitrogen and oxygen atoms in total. The Balaban J connectivity index is 1.21. The second-order valence-corrected chi connectivity index (χ2v) is 10.3. The molecule has 4 N–H and O–H groups in total. The highest BCUT2D eigenvalue weighted by Crippen LogP contribution is 2.45. The average molecular weight is 486 g/mol. The van der Waals surface area contributed by atoms with E-state index >= 15 is 0 Å². The Morgan fingerprint density at radius 1 is 1.06 bits per heavy atom. The van der Waals surface area contributed by atoms with Gasteiger partial charge in [-0.3, -0.25) is 9.48 Å². The van der Waals surface area contributed by atoms with Crippen LogP contribution in [0.4, 0.5) is 10.6 Å². The van der Waals surface area contributed by atoms with Crippen molar-refractivity contribution in [1.29, 1.82) is 0 Å². The van der Waals surface area contributed by atoms with Gasteiger partial charge < -0.3 is 21.3 Å². The van der Waals surface area contributed by atoms with E-state index in [1.165, 1.54) is 5.56 Å². The highest BCUT2D eigenvalue weighted by atomic mass is 16.2. The Hall–Kier alpha value is -3.88. The molecule has 3 amide bonds. The molecule has 1 saturated carbocycles. The predicted octanol–water partition coefficient (Wildman–Crippen LogP) is 3.02. The van der Waals surface area contributed by atoms with Gasteiger partial charge in [-0.05, 0) is 49.8 Å². The molecule has 1 saturated heterocycles. The number of likely N-dealkylation sites (tertiary alicyclic amines) is 1. The number of fused-ring (bicyclic) bond motifs is 2. The maximum Gasteiger partial charge on any atom is 0.318 e. The number of amides is 3. The Morgan fingerprint density at radius 2 is 1.83 bits per heavy atom. The number of hydrogen-bond donors (Lipinski definition) is 3. The van der Waals surface area contributed by atoms with E-state index in [9.17, 15) is 9.59 Å². The van der Waals surface area contributed by atoms with Gasteiger partial charge in [-0.25, -0.2) is 9.78 Å². The fourth-order valence-electron chi connectivity index (χ4n) is 6.05. The highest BCUT2D eigenvalue weighted by Gasteiger charge is 2.48. The second-order valence-electron chi connectivity index (χ2n) is 10.3. The third kappa shape index (κ3) is 3.53. The van der Waals surface area contributed by atoms with E-state index in [1.54, 1.807) is 19.3 Å². The minimum Gasteiger partial charge on any atom is -0.383 e. The number of nitrogen functional groups attached to an aromatic ring is 1. The number of nitrogens with two attached hydrogens (primary N) is 1. The number of carbonyl (C=O) groups excluding carboxylic acids is 2. The molecule has 2 aromatic heterocycles. The average Bonchev–Trinajstić information content (AvgIpc) is 3.58. The van der Waals surface area contributed by atoms with Gasteiger partial charge >= 0.3 is 6.03 Å². The molecule has 1 spiro atoms. The van der Waals surface area contributed by atoms with E-state index in [0.717, 1.165) is 62.1 Å². The first kappa shape index (κ1) is 22.6. The van der Waals surface area contributed by atoms with Crippen molar-refractivity contribution in [1.82, 2.24) is 30.3 Å². The SMILES string of the molecule is CNC(=O)c1cc(-c2cc3n(n2)CC[C@@]32CCN(C(=O)NC3(c4ccccc4)CCC3)C2)cnc1N. The molecular formula is C27H31N7O2. The summed E-state index contributed by atoms with van der Waals surface area (Å²) in [5.74, 6) is -0.0826. The predicted molar refractivity (Wildman–Crippen MR) is 136 cm³/mol. The van der Waals surface area contributed by atoms with Crippen LogP contribution in [-0.2, 0) is 17.5 Å². The number of carbonyl (C=O) groups is 2. The van der Waals surface area contributed by atoms with Crippen LogP contribution in [0.3, 0.4) is 0 Å². The van der Waals surface area contributed by atoms with Crippen molar-refractivity contribution in [2.75, 3.05) is 25.9 Å². The van der Waals surface area contributed by atoms with Gasteiger partial charge in [-0.15, -0.1) is 0 Å². The van der Waals surface area contributed by atoms with Crippen LogP contribution in [0.5, 0.6) is 0 Å². The van der Waals surface area contributed by atoms with E-state index in [1.807, 2.05) is 27.8 Å². The van der Waals surface area contributed by atoms with Crippen molar-refractivity contribution in [2.24, 2.45) is 0 Å². The molecule has 1 atom stereocenters. The van der Waals surface area contributed by atoms with E-state index in [2.05, 4.69) is 33.8 Å². The summed E-state index contributed by atoms with van der Waals surface area (Å²) in [7, 11) is 1.57. The number of rotatable bonds is 4. The van der Waals surface area contributed by atoms with E-state index in [4.69, 9.17) is 10.8 Å². The van der Waals surface area contributed by atoms with Gasteiger partial charge in [0.15, 0.2) is 0 Å². The van der Waals surface area contributed by atoms with E-state index in [0.29, 0.717) is 12.1 Å². The van der Waals surface area contributed by atoms with Crippen molar-refractivity contribution in [3.63, 3.8) is 0 Å². The lowest BCUT2D eigenvalue weighted by molar-refractivity contribution is 0.0963. The van der Waals surface area contributed by atoms with Crippen molar-refractivity contribution in [3.8, 4) is 11.3 Å². The molecule has 36 heavy (non-hydrogen) atoms. The van der Waals surface area contributed by atoms with Crippen LogP contribution in [-0.4, -0.2) is 51.7 Å². The first-order valence-corrected chi connectivity index (χ1v) is 12.6. The smallest absolute Gasteiger partial charge is 0.318 e. The summed E-state index contributed by atoms with van der Waals surface area (Å²) in [6.07, 6.45) is 6.61. The maximum absolute atomic E-state index is 13.4. The molecule has 1 aliphatic carbocycles. The summed E-state index contributed by atoms with van der Waals surface area (Å²) in [6.45, 7) is 2.21. The van der Waals surface area contributed by atoms with Gasteiger partial charge in [0.1, 0.15) is 5.82 Å². The molecule has 186 valence electrons. The van der Waals surface area contributed by atoms with E-state index < -0.39 is 0 Å². The third-order valence-electron chi connectivity index (χ3n) is 8.33. The largest absolute Gasteiger partial charge is 0.383 e. The Labute approximate surface area is 210 Å². The first-order chi connectivity index (χ1) is 17.4. The zero-order chi connectivity index (χ0) is 24.9. The summed E-state index contributed by atoms with van der Waals surface area (Å²) >= 11 is 0. The van der Waals surface area contributed by atoms with Crippen LogP contribution in [0.1, 0.15) is 53.7 Å². The highest BCUT2D eigenvalue weighted by molar-refractivity contribution is 5.99. The van der Waals surface area contributed by atoms with E-state index in [-0.39, 0.29) is 28.7 Å². The van der Waals surface area contributed by atoms with Gasteiger partial charge in [-0.1, -0.05) is 30.3 Å². The van der Waals surface area contributed by atoms with Gasteiger partial charge in [-0.2, -0.15) is 5.10 Å². The number of pyridine rings is 1. The van der Waals surface area contributed by atoms with Gasteiger partial charge in [0, 0.05) is 49.6 Å². The molecule has 1 aromatic carbocycles. The van der Waals surface area contributed by atoms with Crippen molar-refractivity contribution < 1.29 is 9.59 Å². The molecule has 2 fully saturated rings. The van der Waals surface area contributed by atoms with Crippen LogP contribution < -0.4 is 16.4 Å². The monoisotopic (exact) mass is 485 g/mol. The van der Waals surface area contributed by atoms with Gasteiger partial charge in [0.2, 0.25) is 0 Å². The third-order valence-corrected chi connectivity index (χ3v) is 8.33. The second kappa shape index (κ2) is 8.36. The van der Waals surface area contributed by atoms with Crippen molar-refractivity contribution in [2.45, 2.75) is 49.6 Å².